The maximum atomic E-state index is 11.9. The van der Waals surface area contributed by atoms with Gasteiger partial charge in [0.1, 0.15) is 18.6 Å². The van der Waals surface area contributed by atoms with Crippen LogP contribution in [0.4, 0.5) is 15.3 Å². The summed E-state index contributed by atoms with van der Waals surface area (Å²) in [7, 11) is 0. The number of esters is 1. The minimum Gasteiger partial charge on any atom is -0.444 e. The lowest BCUT2D eigenvalue weighted by molar-refractivity contribution is -0.166. The average Bonchev–Trinajstić information content (AvgIpc) is 2.51. The van der Waals surface area contributed by atoms with Gasteiger partial charge in [-0.25, -0.2) is 9.59 Å². The SMILES string of the molecule is C.C.CC1(C(=O)OCNC(=O)Nc2ccccc2)COC(=O)OC1. The van der Waals surface area contributed by atoms with Crippen LogP contribution in [0.1, 0.15) is 21.8 Å². The number of rotatable bonds is 4. The molecule has 2 amide bonds. The molecule has 0 unspecified atom stereocenters. The standard InChI is InChI=1S/C14H16N2O6.2CH4/c1-14(7-20-13(19)21-8-14)11(17)22-9-15-12(18)16-10-5-3-2-4-6-10;;/h2-6H,7-9H2,1H3,(H2,15,16,18);2*1H4. The van der Waals surface area contributed by atoms with E-state index in [1.165, 1.54) is 0 Å². The second-order valence-corrected chi connectivity index (χ2v) is 4.96. The second-order valence-electron chi connectivity index (χ2n) is 4.96. The normalized spacial score (nSPS) is 14.6. The van der Waals surface area contributed by atoms with Crippen LogP contribution < -0.4 is 10.6 Å². The number of cyclic esters (lactones) is 2. The molecule has 0 aliphatic carbocycles. The number of ether oxygens (including phenoxy) is 3. The minimum atomic E-state index is -1.08. The summed E-state index contributed by atoms with van der Waals surface area (Å²) >= 11 is 0. The maximum absolute atomic E-state index is 11.9. The Kier molecular flexibility index (Phi) is 8.30. The molecule has 0 atom stereocenters. The van der Waals surface area contributed by atoms with Crippen molar-refractivity contribution < 1.29 is 28.6 Å². The first-order valence-electron chi connectivity index (χ1n) is 6.56. The van der Waals surface area contributed by atoms with Gasteiger partial charge in [0.15, 0.2) is 6.73 Å². The molecule has 0 bridgehead atoms. The lowest BCUT2D eigenvalue weighted by Crippen LogP contribution is -2.45. The molecule has 1 aliphatic rings. The van der Waals surface area contributed by atoms with Gasteiger partial charge in [-0.2, -0.15) is 0 Å². The molecular formula is C16H24N2O6. The third kappa shape index (κ3) is 5.79. The zero-order valence-corrected chi connectivity index (χ0v) is 12.0. The fraction of sp³-hybridized carbons (Fsp3) is 0.438. The van der Waals surface area contributed by atoms with Crippen molar-refractivity contribution >= 4 is 23.8 Å². The number of hydrogen-bond donors (Lipinski definition) is 2. The van der Waals surface area contributed by atoms with Gasteiger partial charge >= 0.3 is 18.2 Å². The molecule has 8 heteroatoms. The van der Waals surface area contributed by atoms with E-state index in [2.05, 4.69) is 20.1 Å². The molecule has 0 aromatic heterocycles. The zero-order chi connectivity index (χ0) is 16.0. The third-order valence-electron chi connectivity index (χ3n) is 2.98. The van der Waals surface area contributed by atoms with E-state index in [0.717, 1.165) is 0 Å². The van der Waals surface area contributed by atoms with E-state index in [1.807, 2.05) is 6.07 Å². The van der Waals surface area contributed by atoms with Gasteiger partial charge in [-0.05, 0) is 19.1 Å². The summed E-state index contributed by atoms with van der Waals surface area (Å²) in [4.78, 5) is 34.3. The summed E-state index contributed by atoms with van der Waals surface area (Å²) in [6.45, 7) is 0.995. The van der Waals surface area contributed by atoms with Gasteiger partial charge in [-0.15, -0.1) is 0 Å². The Labute approximate surface area is 141 Å². The highest BCUT2D eigenvalue weighted by molar-refractivity contribution is 5.89. The van der Waals surface area contributed by atoms with E-state index in [1.54, 1.807) is 31.2 Å². The Morgan fingerprint density at radius 3 is 2.33 bits per heavy atom. The van der Waals surface area contributed by atoms with Crippen molar-refractivity contribution in [2.75, 3.05) is 25.3 Å². The summed E-state index contributed by atoms with van der Waals surface area (Å²) in [5, 5.41) is 4.96. The number of amides is 2. The Morgan fingerprint density at radius 1 is 1.17 bits per heavy atom. The van der Waals surface area contributed by atoms with E-state index in [9.17, 15) is 14.4 Å². The van der Waals surface area contributed by atoms with Gasteiger partial charge in [-0.1, -0.05) is 33.1 Å². The molecule has 1 saturated heterocycles. The first-order valence-corrected chi connectivity index (χ1v) is 6.56. The van der Waals surface area contributed by atoms with Crippen molar-refractivity contribution in [1.29, 1.82) is 0 Å². The second kappa shape index (κ2) is 9.39. The molecule has 2 N–H and O–H groups in total. The lowest BCUT2D eigenvalue weighted by Gasteiger charge is -2.29. The zero-order valence-electron chi connectivity index (χ0n) is 12.0. The van der Waals surface area contributed by atoms with Crippen LogP contribution in [0.3, 0.4) is 0 Å². The molecule has 1 fully saturated rings. The van der Waals surface area contributed by atoms with E-state index >= 15 is 0 Å². The maximum Gasteiger partial charge on any atom is 0.508 e. The van der Waals surface area contributed by atoms with Gasteiger partial charge in [-0.3, -0.25) is 4.79 Å². The highest BCUT2D eigenvalue weighted by Gasteiger charge is 2.41. The van der Waals surface area contributed by atoms with Crippen LogP contribution in [0.2, 0.25) is 0 Å². The topological polar surface area (TPSA) is 103 Å². The molecule has 1 aromatic carbocycles. The molecule has 134 valence electrons. The highest BCUT2D eigenvalue weighted by atomic mass is 16.7. The lowest BCUT2D eigenvalue weighted by atomic mass is 9.93. The Balaban J connectivity index is 0.00000264. The number of benzene rings is 1. The quantitative estimate of drug-likeness (QED) is 0.645. The molecule has 0 radical (unpaired) electrons. The molecule has 2 rings (SSSR count). The summed E-state index contributed by atoms with van der Waals surface area (Å²) < 4.78 is 14.3. The molecule has 0 spiro atoms. The van der Waals surface area contributed by atoms with Gasteiger partial charge < -0.3 is 24.8 Å². The van der Waals surface area contributed by atoms with Crippen LogP contribution in [0.5, 0.6) is 0 Å². The minimum absolute atomic E-state index is 0. The first-order chi connectivity index (χ1) is 10.5. The van der Waals surface area contributed by atoms with Crippen molar-refractivity contribution in [1.82, 2.24) is 5.32 Å². The number of para-hydroxylation sites is 1. The fourth-order valence-electron chi connectivity index (χ4n) is 1.68. The van der Waals surface area contributed by atoms with Crippen molar-refractivity contribution in [3.05, 3.63) is 30.3 Å². The number of hydrogen-bond acceptors (Lipinski definition) is 6. The van der Waals surface area contributed by atoms with E-state index in [0.29, 0.717) is 5.69 Å². The largest absolute Gasteiger partial charge is 0.508 e. The third-order valence-corrected chi connectivity index (χ3v) is 2.98. The molecule has 1 aliphatic heterocycles. The number of carbonyl (C=O) groups excluding carboxylic acids is 3. The predicted molar refractivity (Wildman–Crippen MR) is 88.4 cm³/mol. The summed E-state index contributed by atoms with van der Waals surface area (Å²) in [5.74, 6) is -0.625. The van der Waals surface area contributed by atoms with Crippen LogP contribution >= 0.6 is 0 Å². The molecule has 1 aromatic rings. The predicted octanol–water partition coefficient (Wildman–Crippen LogP) is 2.75. The fourth-order valence-corrected chi connectivity index (χ4v) is 1.68. The van der Waals surface area contributed by atoms with E-state index < -0.39 is 23.6 Å². The Hall–Kier alpha value is -2.77. The molecule has 24 heavy (non-hydrogen) atoms. The smallest absolute Gasteiger partial charge is 0.444 e. The Morgan fingerprint density at radius 2 is 1.75 bits per heavy atom. The molecular weight excluding hydrogens is 316 g/mol. The number of carbonyl (C=O) groups is 3. The van der Waals surface area contributed by atoms with Crippen molar-refractivity contribution in [3.63, 3.8) is 0 Å². The average molecular weight is 340 g/mol. The number of urea groups is 1. The van der Waals surface area contributed by atoms with Crippen molar-refractivity contribution in [2.45, 2.75) is 21.8 Å². The van der Waals surface area contributed by atoms with Crippen LogP contribution in [0, 0.1) is 5.41 Å². The van der Waals surface area contributed by atoms with Gasteiger partial charge in [0.2, 0.25) is 0 Å². The summed E-state index contributed by atoms with van der Waals surface area (Å²) in [6.07, 6.45) is -0.814. The van der Waals surface area contributed by atoms with Crippen LogP contribution in [0.25, 0.3) is 0 Å². The first kappa shape index (κ1) is 21.2. The van der Waals surface area contributed by atoms with Gasteiger partial charge in [0.05, 0.1) is 0 Å². The van der Waals surface area contributed by atoms with E-state index in [4.69, 9.17) is 4.74 Å². The number of anilines is 1. The van der Waals surface area contributed by atoms with Crippen molar-refractivity contribution in [3.8, 4) is 0 Å². The van der Waals surface area contributed by atoms with Crippen LogP contribution in [0.15, 0.2) is 30.3 Å². The van der Waals surface area contributed by atoms with Crippen molar-refractivity contribution in [2.24, 2.45) is 5.41 Å². The van der Waals surface area contributed by atoms with Crippen LogP contribution in [-0.2, 0) is 19.0 Å². The molecule has 8 nitrogen and oxygen atoms in total. The van der Waals surface area contributed by atoms with Crippen LogP contribution in [-0.4, -0.2) is 38.1 Å². The summed E-state index contributed by atoms with van der Waals surface area (Å²) in [5.41, 5.74) is -0.461. The number of nitrogens with one attached hydrogen (secondary N) is 2. The monoisotopic (exact) mass is 340 g/mol. The summed E-state index contributed by atoms with van der Waals surface area (Å²) in [6, 6.07) is 8.32. The Bertz CT molecular complexity index is 551. The molecule has 0 saturated carbocycles. The van der Waals surface area contributed by atoms with Gasteiger partial charge in [0, 0.05) is 5.69 Å². The van der Waals surface area contributed by atoms with Gasteiger partial charge in [0.25, 0.3) is 0 Å². The molecule has 1 heterocycles. The highest BCUT2D eigenvalue weighted by Crippen LogP contribution is 2.23. The van der Waals surface area contributed by atoms with E-state index in [-0.39, 0.29) is 34.8 Å².